The van der Waals surface area contributed by atoms with E-state index in [1.165, 1.54) is 17.6 Å². The van der Waals surface area contributed by atoms with Gasteiger partial charge in [-0.25, -0.2) is 12.7 Å². The maximum absolute atomic E-state index is 11.7. The molecule has 1 aliphatic rings. The number of hydrogen-bond acceptors (Lipinski definition) is 4. The molecule has 0 aromatic carbocycles. The molecular weight excluding hydrogens is 265 g/mol. The van der Waals surface area contributed by atoms with Crippen molar-refractivity contribution in [2.75, 3.05) is 13.3 Å². The van der Waals surface area contributed by atoms with Crippen LogP contribution in [0.3, 0.4) is 0 Å². The molecule has 0 bridgehead atoms. The second-order valence-electron chi connectivity index (χ2n) is 5.92. The number of rotatable bonds is 4. The van der Waals surface area contributed by atoms with E-state index in [0.717, 1.165) is 0 Å². The van der Waals surface area contributed by atoms with E-state index in [4.69, 9.17) is 9.31 Å². The zero-order valence-corrected chi connectivity index (χ0v) is 13.6. The Hall–Kier alpha value is -0.365. The molecule has 1 unspecified atom stereocenters. The second kappa shape index (κ2) is 5.20. The van der Waals surface area contributed by atoms with Gasteiger partial charge in [0.25, 0.3) is 0 Å². The second-order valence-corrected chi connectivity index (χ2v) is 7.96. The van der Waals surface area contributed by atoms with Gasteiger partial charge >= 0.3 is 7.12 Å². The standard InChI is InChI=1S/C12H24BNO4S/c1-8-9-10(14(6)19(7,15)16)13-17-11(2,3)12(4,5)18-13/h8-10H,1-7H3/b9-8+. The molecule has 1 atom stereocenters. The lowest BCUT2D eigenvalue weighted by molar-refractivity contribution is 0.00578. The van der Waals surface area contributed by atoms with Crippen molar-refractivity contribution in [3.8, 4) is 0 Å². The van der Waals surface area contributed by atoms with E-state index in [1.807, 2.05) is 34.6 Å². The fraction of sp³-hybridized carbons (Fsp3) is 0.833. The van der Waals surface area contributed by atoms with Crippen LogP contribution in [0.4, 0.5) is 0 Å². The molecule has 0 radical (unpaired) electrons. The van der Waals surface area contributed by atoms with Gasteiger partial charge in [0.15, 0.2) is 0 Å². The highest BCUT2D eigenvalue weighted by Crippen LogP contribution is 2.38. The van der Waals surface area contributed by atoms with Gasteiger partial charge in [-0.3, -0.25) is 0 Å². The molecule has 0 spiro atoms. The SMILES string of the molecule is C/C=C/C(B1OC(C)(C)C(C)(C)O1)N(C)S(C)(=O)=O. The summed E-state index contributed by atoms with van der Waals surface area (Å²) in [6.07, 6.45) is 4.76. The quantitative estimate of drug-likeness (QED) is 0.580. The van der Waals surface area contributed by atoms with E-state index >= 15 is 0 Å². The molecular formula is C12H24BNO4S. The summed E-state index contributed by atoms with van der Waals surface area (Å²) in [6.45, 7) is 9.62. The predicted octanol–water partition coefficient (Wildman–Crippen LogP) is 1.45. The van der Waals surface area contributed by atoms with Crippen LogP contribution in [0.25, 0.3) is 0 Å². The molecule has 0 amide bonds. The molecule has 1 aliphatic heterocycles. The minimum Gasteiger partial charge on any atom is -0.402 e. The fourth-order valence-electron chi connectivity index (χ4n) is 1.83. The van der Waals surface area contributed by atoms with Gasteiger partial charge in [0.1, 0.15) is 0 Å². The zero-order valence-electron chi connectivity index (χ0n) is 12.8. The maximum atomic E-state index is 11.7. The van der Waals surface area contributed by atoms with Crippen LogP contribution in [0.2, 0.25) is 0 Å². The first kappa shape index (κ1) is 16.7. The van der Waals surface area contributed by atoms with Crippen LogP contribution >= 0.6 is 0 Å². The highest BCUT2D eigenvalue weighted by molar-refractivity contribution is 7.88. The molecule has 1 saturated heterocycles. The highest BCUT2D eigenvalue weighted by atomic mass is 32.2. The van der Waals surface area contributed by atoms with Crippen molar-refractivity contribution in [2.45, 2.75) is 51.8 Å². The van der Waals surface area contributed by atoms with E-state index < -0.39 is 34.3 Å². The molecule has 19 heavy (non-hydrogen) atoms. The topological polar surface area (TPSA) is 55.8 Å². The lowest BCUT2D eigenvalue weighted by atomic mass is 9.78. The van der Waals surface area contributed by atoms with E-state index in [9.17, 15) is 8.42 Å². The summed E-state index contributed by atoms with van der Waals surface area (Å²) in [5.74, 6) is -0.471. The summed E-state index contributed by atoms with van der Waals surface area (Å²) in [5, 5.41) is 0. The monoisotopic (exact) mass is 289 g/mol. The van der Waals surface area contributed by atoms with E-state index in [1.54, 1.807) is 12.2 Å². The Morgan fingerprint density at radius 3 is 1.89 bits per heavy atom. The van der Waals surface area contributed by atoms with Crippen molar-refractivity contribution in [1.29, 1.82) is 0 Å². The van der Waals surface area contributed by atoms with Crippen molar-refractivity contribution < 1.29 is 17.7 Å². The lowest BCUT2D eigenvalue weighted by Gasteiger charge is -2.32. The summed E-state index contributed by atoms with van der Waals surface area (Å²) < 4.78 is 36.5. The van der Waals surface area contributed by atoms with E-state index in [-0.39, 0.29) is 0 Å². The Morgan fingerprint density at radius 1 is 1.16 bits per heavy atom. The largest absolute Gasteiger partial charge is 0.481 e. The molecule has 1 fully saturated rings. The van der Waals surface area contributed by atoms with Crippen molar-refractivity contribution in [3.05, 3.63) is 12.2 Å². The number of hydrogen-bond donors (Lipinski definition) is 0. The Bertz CT molecular complexity index is 442. The third kappa shape index (κ3) is 3.39. The van der Waals surface area contributed by atoms with Gasteiger partial charge in [0, 0.05) is 7.05 Å². The van der Waals surface area contributed by atoms with Gasteiger partial charge in [0.05, 0.1) is 23.4 Å². The van der Waals surface area contributed by atoms with Crippen LogP contribution in [0, 0.1) is 0 Å². The van der Waals surface area contributed by atoms with Crippen LogP contribution in [-0.2, 0) is 19.3 Å². The first-order valence-electron chi connectivity index (χ1n) is 6.34. The Labute approximate surface area is 117 Å². The molecule has 0 aliphatic carbocycles. The molecule has 0 N–H and O–H groups in total. The predicted molar refractivity (Wildman–Crippen MR) is 77.3 cm³/mol. The van der Waals surface area contributed by atoms with Crippen LogP contribution in [0.5, 0.6) is 0 Å². The average Bonchev–Trinajstić information content (AvgIpc) is 2.42. The van der Waals surface area contributed by atoms with Gasteiger partial charge in [-0.05, 0) is 34.6 Å². The fourth-order valence-corrected chi connectivity index (χ4v) is 2.44. The summed E-state index contributed by atoms with van der Waals surface area (Å²) in [5.41, 5.74) is -0.953. The Morgan fingerprint density at radius 2 is 1.58 bits per heavy atom. The normalized spacial score (nSPS) is 24.3. The van der Waals surface area contributed by atoms with Crippen molar-refractivity contribution in [2.24, 2.45) is 0 Å². The minimum absolute atomic E-state index is 0.471. The van der Waals surface area contributed by atoms with Gasteiger partial charge in [-0.1, -0.05) is 12.2 Å². The molecule has 5 nitrogen and oxygen atoms in total. The summed E-state index contributed by atoms with van der Waals surface area (Å²) in [7, 11) is -2.39. The van der Waals surface area contributed by atoms with Crippen molar-refractivity contribution in [1.82, 2.24) is 4.31 Å². The lowest BCUT2D eigenvalue weighted by Crippen LogP contribution is -2.47. The molecule has 7 heteroatoms. The Kier molecular flexibility index (Phi) is 4.57. The smallest absolute Gasteiger partial charge is 0.402 e. The first-order chi connectivity index (χ1) is 8.42. The zero-order chi connectivity index (χ0) is 15.1. The van der Waals surface area contributed by atoms with Crippen LogP contribution < -0.4 is 0 Å². The summed E-state index contributed by atoms with van der Waals surface area (Å²) in [4.78, 5) is 0. The van der Waals surface area contributed by atoms with Gasteiger partial charge in [-0.2, -0.15) is 0 Å². The van der Waals surface area contributed by atoms with E-state index in [2.05, 4.69) is 0 Å². The average molecular weight is 289 g/mol. The van der Waals surface area contributed by atoms with Gasteiger partial charge < -0.3 is 9.31 Å². The third-order valence-corrected chi connectivity index (χ3v) is 5.17. The molecule has 110 valence electrons. The highest BCUT2D eigenvalue weighted by Gasteiger charge is 2.54. The van der Waals surface area contributed by atoms with E-state index in [0.29, 0.717) is 0 Å². The number of nitrogens with zero attached hydrogens (tertiary/aromatic N) is 1. The molecule has 0 saturated carbocycles. The van der Waals surface area contributed by atoms with Crippen LogP contribution in [0.15, 0.2) is 12.2 Å². The van der Waals surface area contributed by atoms with Crippen molar-refractivity contribution >= 4 is 17.1 Å². The van der Waals surface area contributed by atoms with Crippen molar-refractivity contribution in [3.63, 3.8) is 0 Å². The molecule has 0 aromatic heterocycles. The number of likely N-dealkylation sites (N-methyl/N-ethyl adjacent to an activating group) is 1. The third-order valence-electron chi connectivity index (χ3n) is 3.88. The maximum Gasteiger partial charge on any atom is 0.481 e. The number of allylic oxidation sites excluding steroid dienone is 1. The summed E-state index contributed by atoms with van der Waals surface area (Å²) in [6, 6.07) is 0. The first-order valence-corrected chi connectivity index (χ1v) is 8.18. The minimum atomic E-state index is -3.31. The Balaban J connectivity index is 3.05. The molecule has 1 rings (SSSR count). The molecule has 1 heterocycles. The molecule has 0 aromatic rings. The van der Waals surface area contributed by atoms with Crippen LogP contribution in [-0.4, -0.2) is 50.3 Å². The van der Waals surface area contributed by atoms with Crippen LogP contribution in [0.1, 0.15) is 34.6 Å². The summed E-state index contributed by atoms with van der Waals surface area (Å²) >= 11 is 0. The van der Waals surface area contributed by atoms with Gasteiger partial charge in [0.2, 0.25) is 10.0 Å². The van der Waals surface area contributed by atoms with Gasteiger partial charge in [-0.15, -0.1) is 0 Å². The number of sulfonamides is 1.